The van der Waals surface area contributed by atoms with Gasteiger partial charge in [-0.05, 0) is 11.8 Å². The Morgan fingerprint density at radius 1 is 1.50 bits per heavy atom. The summed E-state index contributed by atoms with van der Waals surface area (Å²) in [5.41, 5.74) is 0.437. The predicted octanol–water partition coefficient (Wildman–Crippen LogP) is -0.890. The van der Waals surface area contributed by atoms with Crippen LogP contribution >= 0.6 is 11.6 Å². The second kappa shape index (κ2) is 5.76. The van der Waals surface area contributed by atoms with Crippen molar-refractivity contribution >= 4 is 23.3 Å². The van der Waals surface area contributed by atoms with Crippen molar-refractivity contribution in [1.82, 2.24) is 14.7 Å². The van der Waals surface area contributed by atoms with E-state index < -0.39 is 10.7 Å². The summed E-state index contributed by atoms with van der Waals surface area (Å²) >= 11 is 5.84. The number of halogens is 1. The number of nitro groups is 1. The fourth-order valence-corrected chi connectivity index (χ4v) is 2.35. The molecule has 0 aliphatic carbocycles. The van der Waals surface area contributed by atoms with Gasteiger partial charge < -0.3 is 19.9 Å². The van der Waals surface area contributed by atoms with Gasteiger partial charge >= 0.3 is 5.82 Å². The van der Waals surface area contributed by atoms with Crippen molar-refractivity contribution in [2.24, 2.45) is 0 Å². The van der Waals surface area contributed by atoms with Crippen LogP contribution < -0.4 is 4.90 Å². The predicted molar refractivity (Wildman–Crippen MR) is 71.8 cm³/mol. The highest BCUT2D eigenvalue weighted by molar-refractivity contribution is 6.33. The van der Waals surface area contributed by atoms with Crippen molar-refractivity contribution in [1.29, 1.82) is 0 Å². The van der Waals surface area contributed by atoms with Crippen molar-refractivity contribution in [3.05, 3.63) is 20.8 Å². The number of piperazine rings is 1. The van der Waals surface area contributed by atoms with Gasteiger partial charge in [-0.1, -0.05) is 11.6 Å². The first-order chi connectivity index (χ1) is 9.40. The van der Waals surface area contributed by atoms with Gasteiger partial charge in [-0.3, -0.25) is 4.79 Å². The van der Waals surface area contributed by atoms with E-state index >= 15 is 0 Å². The molecule has 0 spiro atoms. The molecule has 0 bridgehead atoms. The van der Waals surface area contributed by atoms with Crippen LogP contribution in [0.2, 0.25) is 5.02 Å². The molecule has 8 nitrogen and oxygen atoms in total. The maximum atomic E-state index is 12.2. The minimum absolute atomic E-state index is 0.00868. The van der Waals surface area contributed by atoms with Gasteiger partial charge in [-0.15, -0.1) is 0 Å². The number of nitrogens with one attached hydrogen (secondary N) is 1. The number of hydrogen-bond acceptors (Lipinski definition) is 4. The molecule has 1 N–H and O–H groups in total. The van der Waals surface area contributed by atoms with E-state index in [1.807, 2.05) is 0 Å². The number of quaternary nitrogens is 1. The maximum Gasteiger partial charge on any atom is 0.408 e. The molecule has 1 aromatic heterocycles. The second-order valence-corrected chi connectivity index (χ2v) is 5.35. The van der Waals surface area contributed by atoms with Crippen LogP contribution in [0, 0.1) is 17.0 Å². The minimum Gasteiger partial charge on any atom is -0.358 e. The molecule has 1 fully saturated rings. The van der Waals surface area contributed by atoms with Gasteiger partial charge in [0.05, 0.1) is 44.0 Å². The zero-order valence-electron chi connectivity index (χ0n) is 11.4. The Morgan fingerprint density at radius 3 is 2.60 bits per heavy atom. The van der Waals surface area contributed by atoms with Crippen LogP contribution in [0.4, 0.5) is 5.82 Å². The van der Waals surface area contributed by atoms with E-state index in [4.69, 9.17) is 11.6 Å². The second-order valence-electron chi connectivity index (χ2n) is 4.98. The lowest BCUT2D eigenvalue weighted by atomic mass is 10.3. The number of carbonyl (C=O) groups is 1. The summed E-state index contributed by atoms with van der Waals surface area (Å²) in [6.45, 7) is 4.80. The number of hydrogen-bond donors (Lipinski definition) is 1. The number of rotatable bonds is 3. The van der Waals surface area contributed by atoms with Gasteiger partial charge in [0.1, 0.15) is 6.54 Å². The Hall–Kier alpha value is -1.67. The average Bonchev–Trinajstić information content (AvgIpc) is 2.68. The van der Waals surface area contributed by atoms with Crippen LogP contribution in [-0.2, 0) is 11.3 Å². The van der Waals surface area contributed by atoms with Crippen LogP contribution in [0.25, 0.3) is 0 Å². The molecule has 1 aromatic rings. The van der Waals surface area contributed by atoms with Crippen LogP contribution in [0.3, 0.4) is 0 Å². The molecule has 1 amide bonds. The number of nitrogens with zero attached hydrogens (tertiary/aromatic N) is 4. The third kappa shape index (κ3) is 2.91. The standard InChI is InChI=1S/C11H16ClN5O3/c1-8-10(12)11(17(19)20)13-16(8)7-9(18)15-5-3-14(2)4-6-15/h3-7H2,1-2H3/p+1. The van der Waals surface area contributed by atoms with E-state index in [0.29, 0.717) is 18.8 Å². The topological polar surface area (TPSA) is 85.7 Å². The monoisotopic (exact) mass is 302 g/mol. The first kappa shape index (κ1) is 14.7. The summed E-state index contributed by atoms with van der Waals surface area (Å²) in [6, 6.07) is 0. The summed E-state index contributed by atoms with van der Waals surface area (Å²) in [7, 11) is 2.09. The first-order valence-corrected chi connectivity index (χ1v) is 6.74. The van der Waals surface area contributed by atoms with Gasteiger partial charge in [0.25, 0.3) is 0 Å². The van der Waals surface area contributed by atoms with Gasteiger partial charge in [-0.25, -0.2) is 0 Å². The summed E-state index contributed by atoms with van der Waals surface area (Å²) < 4.78 is 1.30. The Kier molecular flexibility index (Phi) is 4.24. The molecular formula is C11H17ClN5O3+. The van der Waals surface area contributed by atoms with Crippen molar-refractivity contribution < 1.29 is 14.6 Å². The third-order valence-corrected chi connectivity index (χ3v) is 3.99. The van der Waals surface area contributed by atoms with Gasteiger partial charge in [0.15, 0.2) is 5.02 Å². The molecule has 1 aliphatic rings. The van der Waals surface area contributed by atoms with E-state index in [1.54, 1.807) is 11.8 Å². The third-order valence-electron chi connectivity index (χ3n) is 3.54. The van der Waals surface area contributed by atoms with E-state index in [2.05, 4.69) is 12.1 Å². The summed E-state index contributed by atoms with van der Waals surface area (Å²) in [5, 5.41) is 14.5. The Labute approximate surface area is 121 Å². The lowest BCUT2D eigenvalue weighted by molar-refractivity contribution is -0.883. The van der Waals surface area contributed by atoms with Gasteiger partial charge in [0, 0.05) is 0 Å². The van der Waals surface area contributed by atoms with Crippen LogP contribution in [0.1, 0.15) is 5.69 Å². The van der Waals surface area contributed by atoms with E-state index in [1.165, 1.54) is 9.58 Å². The maximum absolute atomic E-state index is 12.2. The summed E-state index contributed by atoms with van der Waals surface area (Å²) in [5.74, 6) is -0.491. The minimum atomic E-state index is -0.643. The van der Waals surface area contributed by atoms with Crippen LogP contribution in [-0.4, -0.2) is 58.7 Å². The van der Waals surface area contributed by atoms with E-state index in [9.17, 15) is 14.9 Å². The molecule has 0 saturated carbocycles. The van der Waals surface area contributed by atoms with Crippen molar-refractivity contribution in [3.8, 4) is 0 Å². The van der Waals surface area contributed by atoms with Crippen LogP contribution in [0.5, 0.6) is 0 Å². The lowest BCUT2D eigenvalue weighted by Gasteiger charge is -2.29. The fourth-order valence-electron chi connectivity index (χ4n) is 2.14. The zero-order chi connectivity index (χ0) is 14.9. The molecular weight excluding hydrogens is 286 g/mol. The molecule has 0 atom stereocenters. The zero-order valence-corrected chi connectivity index (χ0v) is 12.2. The molecule has 0 aromatic carbocycles. The van der Waals surface area contributed by atoms with E-state index in [-0.39, 0.29) is 17.5 Å². The van der Waals surface area contributed by atoms with Crippen LogP contribution in [0.15, 0.2) is 0 Å². The molecule has 2 rings (SSSR count). The smallest absolute Gasteiger partial charge is 0.358 e. The Morgan fingerprint density at radius 2 is 2.10 bits per heavy atom. The lowest BCUT2D eigenvalue weighted by Crippen LogP contribution is -3.12. The quantitative estimate of drug-likeness (QED) is 0.580. The molecule has 20 heavy (non-hydrogen) atoms. The van der Waals surface area contributed by atoms with E-state index in [0.717, 1.165) is 13.1 Å². The number of amides is 1. The van der Waals surface area contributed by atoms with Crippen molar-refractivity contribution in [2.75, 3.05) is 33.2 Å². The molecule has 1 saturated heterocycles. The number of carbonyl (C=O) groups excluding carboxylic acids is 1. The summed E-state index contributed by atoms with van der Waals surface area (Å²) in [6.07, 6.45) is 0. The molecule has 9 heteroatoms. The number of likely N-dealkylation sites (N-methyl/N-ethyl adjacent to an activating group) is 1. The van der Waals surface area contributed by atoms with Crippen molar-refractivity contribution in [3.63, 3.8) is 0 Å². The van der Waals surface area contributed by atoms with Gasteiger partial charge in [-0.2, -0.15) is 4.68 Å². The largest absolute Gasteiger partial charge is 0.408 e. The summed E-state index contributed by atoms with van der Waals surface area (Å²) in [4.78, 5) is 25.4. The Balaban J connectivity index is 2.08. The first-order valence-electron chi connectivity index (χ1n) is 6.36. The molecule has 2 heterocycles. The normalized spacial score (nSPS) is 16.4. The Bertz CT molecular complexity index is 536. The highest BCUT2D eigenvalue weighted by Crippen LogP contribution is 2.26. The van der Waals surface area contributed by atoms with Crippen molar-refractivity contribution in [2.45, 2.75) is 13.5 Å². The SMILES string of the molecule is Cc1c(Cl)c([N+](=O)[O-])nn1CC(=O)N1CC[NH+](C)CC1. The molecule has 0 unspecified atom stereocenters. The number of aromatic nitrogens is 2. The molecule has 1 aliphatic heterocycles. The van der Waals surface area contributed by atoms with Gasteiger partial charge in [0.2, 0.25) is 5.91 Å². The molecule has 0 radical (unpaired) electrons. The fraction of sp³-hybridized carbons (Fsp3) is 0.636. The highest BCUT2D eigenvalue weighted by Gasteiger charge is 2.27. The average molecular weight is 303 g/mol. The highest BCUT2D eigenvalue weighted by atomic mass is 35.5. The molecule has 110 valence electrons.